The van der Waals surface area contributed by atoms with Crippen LogP contribution in [0.3, 0.4) is 0 Å². The normalized spacial score (nSPS) is 21.7. The summed E-state index contributed by atoms with van der Waals surface area (Å²) in [6, 6.07) is 8.63. The topological polar surface area (TPSA) is 69.6 Å². The lowest BCUT2D eigenvalue weighted by atomic mass is 10.1. The SMILES string of the molecule is CC(O)C1NC(=O)CN(Cc2ccccc2)C1=O. The summed E-state index contributed by atoms with van der Waals surface area (Å²) >= 11 is 0. The minimum atomic E-state index is -0.889. The summed E-state index contributed by atoms with van der Waals surface area (Å²) in [5, 5.41) is 12.0. The highest BCUT2D eigenvalue weighted by atomic mass is 16.3. The van der Waals surface area contributed by atoms with Crippen molar-refractivity contribution < 1.29 is 14.7 Å². The van der Waals surface area contributed by atoms with Crippen LogP contribution in [-0.4, -0.2) is 40.5 Å². The Balaban J connectivity index is 2.12. The van der Waals surface area contributed by atoms with Gasteiger partial charge < -0.3 is 15.3 Å². The molecule has 5 nitrogen and oxygen atoms in total. The van der Waals surface area contributed by atoms with Gasteiger partial charge in [-0.1, -0.05) is 30.3 Å². The van der Waals surface area contributed by atoms with Gasteiger partial charge in [0.2, 0.25) is 11.8 Å². The first-order chi connectivity index (χ1) is 8.58. The van der Waals surface area contributed by atoms with E-state index in [0.717, 1.165) is 5.56 Å². The van der Waals surface area contributed by atoms with Crippen molar-refractivity contribution in [3.63, 3.8) is 0 Å². The predicted octanol–water partition coefficient (Wildman–Crippen LogP) is -0.106. The van der Waals surface area contributed by atoms with Gasteiger partial charge >= 0.3 is 0 Å². The van der Waals surface area contributed by atoms with Crippen LogP contribution in [0.5, 0.6) is 0 Å². The first-order valence-electron chi connectivity index (χ1n) is 5.88. The Bertz CT molecular complexity index is 445. The fourth-order valence-electron chi connectivity index (χ4n) is 1.99. The van der Waals surface area contributed by atoms with Gasteiger partial charge in [-0.25, -0.2) is 0 Å². The number of carbonyl (C=O) groups is 2. The minimum absolute atomic E-state index is 0.0386. The molecule has 2 amide bonds. The van der Waals surface area contributed by atoms with Gasteiger partial charge in [0.1, 0.15) is 6.04 Å². The number of aliphatic hydroxyl groups excluding tert-OH is 1. The van der Waals surface area contributed by atoms with Gasteiger partial charge in [-0.2, -0.15) is 0 Å². The molecule has 1 aliphatic rings. The summed E-state index contributed by atoms with van der Waals surface area (Å²) in [4.78, 5) is 25.0. The number of rotatable bonds is 3. The van der Waals surface area contributed by atoms with Crippen LogP contribution >= 0.6 is 0 Å². The van der Waals surface area contributed by atoms with Crippen molar-refractivity contribution in [2.24, 2.45) is 0 Å². The Kier molecular flexibility index (Phi) is 3.62. The average Bonchev–Trinajstić information content (AvgIpc) is 2.34. The fourth-order valence-corrected chi connectivity index (χ4v) is 1.99. The molecule has 0 bridgehead atoms. The van der Waals surface area contributed by atoms with E-state index < -0.39 is 12.1 Å². The molecule has 2 atom stereocenters. The minimum Gasteiger partial charge on any atom is -0.391 e. The number of piperazine rings is 1. The van der Waals surface area contributed by atoms with Gasteiger partial charge in [0.25, 0.3) is 0 Å². The largest absolute Gasteiger partial charge is 0.391 e. The van der Waals surface area contributed by atoms with E-state index in [9.17, 15) is 14.7 Å². The molecule has 96 valence electrons. The molecule has 0 radical (unpaired) electrons. The molecule has 0 aliphatic carbocycles. The Morgan fingerprint density at radius 3 is 2.67 bits per heavy atom. The molecule has 2 unspecified atom stereocenters. The molecule has 18 heavy (non-hydrogen) atoms. The van der Waals surface area contributed by atoms with E-state index in [1.165, 1.54) is 11.8 Å². The van der Waals surface area contributed by atoms with Gasteiger partial charge in [-0.3, -0.25) is 9.59 Å². The second-order valence-electron chi connectivity index (χ2n) is 4.47. The first-order valence-corrected chi connectivity index (χ1v) is 5.88. The molecule has 1 aromatic carbocycles. The van der Waals surface area contributed by atoms with E-state index >= 15 is 0 Å². The number of nitrogens with one attached hydrogen (secondary N) is 1. The van der Waals surface area contributed by atoms with Crippen LogP contribution in [0, 0.1) is 0 Å². The fraction of sp³-hybridized carbons (Fsp3) is 0.385. The lowest BCUT2D eigenvalue weighted by Gasteiger charge is -2.33. The smallest absolute Gasteiger partial charge is 0.248 e. The molecule has 1 aliphatic heterocycles. The number of aliphatic hydroxyl groups is 1. The van der Waals surface area contributed by atoms with Crippen molar-refractivity contribution in [2.75, 3.05) is 6.54 Å². The number of amides is 2. The van der Waals surface area contributed by atoms with Crippen molar-refractivity contribution in [3.8, 4) is 0 Å². The molecule has 0 aromatic heterocycles. The van der Waals surface area contributed by atoms with Crippen molar-refractivity contribution >= 4 is 11.8 Å². The van der Waals surface area contributed by atoms with Crippen molar-refractivity contribution in [2.45, 2.75) is 25.6 Å². The maximum Gasteiger partial charge on any atom is 0.248 e. The predicted molar refractivity (Wildman–Crippen MR) is 65.5 cm³/mol. The summed E-state index contributed by atoms with van der Waals surface area (Å²) in [5.41, 5.74) is 0.963. The summed E-state index contributed by atoms with van der Waals surface area (Å²) < 4.78 is 0. The summed E-state index contributed by atoms with van der Waals surface area (Å²) in [7, 11) is 0. The van der Waals surface area contributed by atoms with Gasteiger partial charge in [-0.15, -0.1) is 0 Å². The Morgan fingerprint density at radius 1 is 1.39 bits per heavy atom. The molecule has 0 saturated carbocycles. The quantitative estimate of drug-likeness (QED) is 0.784. The molecule has 1 heterocycles. The summed E-state index contributed by atoms with van der Waals surface area (Å²) in [6.45, 7) is 1.92. The maximum absolute atomic E-state index is 12.1. The Labute approximate surface area is 105 Å². The highest BCUT2D eigenvalue weighted by Crippen LogP contribution is 2.11. The molecular weight excluding hydrogens is 232 g/mol. The number of carbonyl (C=O) groups excluding carboxylic acids is 2. The Hall–Kier alpha value is -1.88. The van der Waals surface area contributed by atoms with Crippen LogP contribution in [0.1, 0.15) is 12.5 Å². The third kappa shape index (κ3) is 2.68. The molecule has 2 N–H and O–H groups in total. The van der Waals surface area contributed by atoms with Crippen LogP contribution < -0.4 is 5.32 Å². The van der Waals surface area contributed by atoms with Crippen LogP contribution in [0.2, 0.25) is 0 Å². The average molecular weight is 248 g/mol. The molecule has 0 spiro atoms. The lowest BCUT2D eigenvalue weighted by molar-refractivity contribution is -0.147. The standard InChI is InChI=1S/C13H16N2O3/c1-9(16)12-13(18)15(8-11(17)14-12)7-10-5-3-2-4-6-10/h2-6,9,12,16H,7-8H2,1H3,(H,14,17). The van der Waals surface area contributed by atoms with Gasteiger partial charge in [-0.05, 0) is 12.5 Å². The van der Waals surface area contributed by atoms with E-state index in [-0.39, 0.29) is 18.4 Å². The van der Waals surface area contributed by atoms with E-state index in [1.807, 2.05) is 30.3 Å². The van der Waals surface area contributed by atoms with Crippen LogP contribution in [0.4, 0.5) is 0 Å². The van der Waals surface area contributed by atoms with Gasteiger partial charge in [0.15, 0.2) is 0 Å². The molecule has 1 saturated heterocycles. The summed E-state index contributed by atoms with van der Waals surface area (Å²) in [6.07, 6.45) is -0.889. The second kappa shape index (κ2) is 5.18. The van der Waals surface area contributed by atoms with Crippen molar-refractivity contribution in [1.29, 1.82) is 0 Å². The van der Waals surface area contributed by atoms with E-state index in [1.54, 1.807) is 0 Å². The van der Waals surface area contributed by atoms with E-state index in [2.05, 4.69) is 5.32 Å². The number of hydrogen-bond acceptors (Lipinski definition) is 3. The lowest BCUT2D eigenvalue weighted by Crippen LogP contribution is -2.61. The molecular formula is C13H16N2O3. The third-order valence-corrected chi connectivity index (χ3v) is 2.93. The van der Waals surface area contributed by atoms with E-state index in [4.69, 9.17) is 0 Å². The zero-order valence-electron chi connectivity index (χ0n) is 10.2. The van der Waals surface area contributed by atoms with Crippen LogP contribution in [0.25, 0.3) is 0 Å². The number of nitrogens with zero attached hydrogens (tertiary/aromatic N) is 1. The molecule has 1 fully saturated rings. The highest BCUT2D eigenvalue weighted by Gasteiger charge is 2.35. The molecule has 1 aromatic rings. The van der Waals surface area contributed by atoms with Gasteiger partial charge in [0.05, 0.1) is 12.6 Å². The third-order valence-electron chi connectivity index (χ3n) is 2.93. The Morgan fingerprint density at radius 2 is 2.06 bits per heavy atom. The summed E-state index contributed by atoms with van der Waals surface area (Å²) in [5.74, 6) is -0.482. The van der Waals surface area contributed by atoms with Crippen molar-refractivity contribution in [1.82, 2.24) is 10.2 Å². The molecule has 5 heteroatoms. The second-order valence-corrected chi connectivity index (χ2v) is 4.47. The van der Waals surface area contributed by atoms with Crippen LogP contribution in [-0.2, 0) is 16.1 Å². The number of hydrogen-bond donors (Lipinski definition) is 2. The zero-order chi connectivity index (χ0) is 13.1. The van der Waals surface area contributed by atoms with Crippen molar-refractivity contribution in [3.05, 3.63) is 35.9 Å². The zero-order valence-corrected chi connectivity index (χ0v) is 10.2. The number of benzene rings is 1. The first kappa shape index (κ1) is 12.6. The maximum atomic E-state index is 12.1. The van der Waals surface area contributed by atoms with Gasteiger partial charge in [0, 0.05) is 6.54 Å². The van der Waals surface area contributed by atoms with E-state index in [0.29, 0.717) is 6.54 Å². The van der Waals surface area contributed by atoms with Crippen LogP contribution in [0.15, 0.2) is 30.3 Å². The monoisotopic (exact) mass is 248 g/mol. The highest BCUT2D eigenvalue weighted by molar-refractivity contribution is 5.95. The molecule has 2 rings (SSSR count).